The fourth-order valence-corrected chi connectivity index (χ4v) is 2.96. The first-order valence-electron chi connectivity index (χ1n) is 7.66. The van der Waals surface area contributed by atoms with E-state index in [9.17, 15) is 19.3 Å². The van der Waals surface area contributed by atoms with Crippen LogP contribution in [-0.4, -0.2) is 24.5 Å². The number of benzene rings is 1. The minimum Gasteiger partial charge on any atom is -0.469 e. The van der Waals surface area contributed by atoms with E-state index in [1.165, 1.54) is 7.11 Å². The number of nitrogens with zero attached hydrogens (tertiary/aromatic N) is 2. The molecule has 0 amide bonds. The van der Waals surface area contributed by atoms with Gasteiger partial charge < -0.3 is 10.1 Å². The summed E-state index contributed by atoms with van der Waals surface area (Å²) in [7, 11) is 1.37. The number of nitrogens with one attached hydrogen (secondary N) is 1. The standard InChI is InChI=1S/C16H18FN3O4/c1-24-16(21)11-4-2-10(3-5-11)9-19-14-6-12(8-18)13(17)7-15(14)20(22)23/h6-7,10-11,19H,2-5,9H2,1H3. The Morgan fingerprint density at radius 1 is 1.46 bits per heavy atom. The second-order valence-electron chi connectivity index (χ2n) is 5.84. The van der Waals surface area contributed by atoms with Crippen molar-refractivity contribution in [3.05, 3.63) is 33.6 Å². The number of rotatable bonds is 5. The Balaban J connectivity index is 2.01. The SMILES string of the molecule is COC(=O)C1CCC(CNc2cc(C#N)c(F)cc2[N+](=O)[O-])CC1. The number of esters is 1. The first-order valence-corrected chi connectivity index (χ1v) is 7.66. The summed E-state index contributed by atoms with van der Waals surface area (Å²) in [6, 6.07) is 3.59. The van der Waals surface area contributed by atoms with E-state index < -0.39 is 16.4 Å². The third kappa shape index (κ3) is 3.98. The predicted molar refractivity (Wildman–Crippen MR) is 83.7 cm³/mol. The van der Waals surface area contributed by atoms with Gasteiger partial charge in [-0.15, -0.1) is 0 Å². The lowest BCUT2D eigenvalue weighted by atomic mass is 9.82. The van der Waals surface area contributed by atoms with Gasteiger partial charge in [0.05, 0.1) is 29.6 Å². The number of nitro benzene ring substituents is 1. The Kier molecular flexibility index (Phi) is 5.68. The van der Waals surface area contributed by atoms with E-state index in [4.69, 9.17) is 10.00 Å². The number of methoxy groups -OCH3 is 1. The van der Waals surface area contributed by atoms with Gasteiger partial charge in [0.25, 0.3) is 5.69 Å². The summed E-state index contributed by atoms with van der Waals surface area (Å²) in [5.41, 5.74) is -0.500. The van der Waals surface area contributed by atoms with E-state index in [0.717, 1.165) is 25.0 Å². The first-order chi connectivity index (χ1) is 11.5. The summed E-state index contributed by atoms with van der Waals surface area (Å²) in [5.74, 6) is -0.944. The van der Waals surface area contributed by atoms with Crippen LogP contribution in [0, 0.1) is 39.1 Å². The maximum absolute atomic E-state index is 13.5. The van der Waals surface area contributed by atoms with E-state index in [0.29, 0.717) is 19.4 Å². The Hall–Kier alpha value is -2.69. The van der Waals surface area contributed by atoms with Crippen molar-refractivity contribution in [2.24, 2.45) is 11.8 Å². The molecule has 24 heavy (non-hydrogen) atoms. The Morgan fingerprint density at radius 3 is 2.67 bits per heavy atom. The lowest BCUT2D eigenvalue weighted by Gasteiger charge is -2.27. The van der Waals surface area contributed by atoms with Crippen molar-refractivity contribution < 1.29 is 18.8 Å². The number of hydrogen-bond acceptors (Lipinski definition) is 6. The zero-order valence-electron chi connectivity index (χ0n) is 13.3. The van der Waals surface area contributed by atoms with E-state index in [-0.39, 0.29) is 29.1 Å². The van der Waals surface area contributed by atoms with Gasteiger partial charge in [-0.2, -0.15) is 5.26 Å². The number of halogens is 1. The molecule has 0 aliphatic heterocycles. The number of anilines is 1. The van der Waals surface area contributed by atoms with Gasteiger partial charge in [-0.1, -0.05) is 0 Å². The molecular weight excluding hydrogens is 317 g/mol. The fourth-order valence-electron chi connectivity index (χ4n) is 2.96. The highest BCUT2D eigenvalue weighted by molar-refractivity contribution is 5.72. The van der Waals surface area contributed by atoms with Crippen molar-refractivity contribution in [3.63, 3.8) is 0 Å². The average Bonchev–Trinajstić information content (AvgIpc) is 2.60. The van der Waals surface area contributed by atoms with E-state index in [2.05, 4.69) is 5.32 Å². The predicted octanol–water partition coefficient (Wildman–Crippen LogP) is 3.00. The molecule has 7 nitrogen and oxygen atoms in total. The van der Waals surface area contributed by atoms with Crippen molar-refractivity contribution in [2.75, 3.05) is 19.0 Å². The van der Waals surface area contributed by atoms with Crippen molar-refractivity contribution in [1.82, 2.24) is 0 Å². The van der Waals surface area contributed by atoms with E-state index >= 15 is 0 Å². The first kappa shape index (κ1) is 17.7. The van der Waals surface area contributed by atoms with Crippen LogP contribution in [0.1, 0.15) is 31.2 Å². The second kappa shape index (κ2) is 7.73. The van der Waals surface area contributed by atoms with Crippen LogP contribution in [0.25, 0.3) is 0 Å². The molecule has 0 unspecified atom stereocenters. The molecule has 8 heteroatoms. The molecule has 2 rings (SSSR count). The summed E-state index contributed by atoms with van der Waals surface area (Å²) in [6.45, 7) is 0.464. The molecule has 0 bridgehead atoms. The lowest BCUT2D eigenvalue weighted by molar-refractivity contribution is -0.384. The van der Waals surface area contributed by atoms with Gasteiger partial charge in [0.15, 0.2) is 0 Å². The lowest BCUT2D eigenvalue weighted by Crippen LogP contribution is -2.26. The molecule has 1 aliphatic carbocycles. The summed E-state index contributed by atoms with van der Waals surface area (Å²) in [5, 5.41) is 22.9. The second-order valence-corrected chi connectivity index (χ2v) is 5.84. The van der Waals surface area contributed by atoms with Gasteiger partial charge in [-0.25, -0.2) is 4.39 Å². The highest BCUT2D eigenvalue weighted by atomic mass is 19.1. The van der Waals surface area contributed by atoms with Crippen LogP contribution in [0.5, 0.6) is 0 Å². The molecule has 1 aromatic rings. The molecule has 0 atom stereocenters. The zero-order chi connectivity index (χ0) is 17.7. The number of ether oxygens (including phenoxy) is 1. The third-order valence-corrected chi connectivity index (χ3v) is 4.36. The van der Waals surface area contributed by atoms with E-state index in [1.54, 1.807) is 6.07 Å². The van der Waals surface area contributed by atoms with Crippen LogP contribution in [0.4, 0.5) is 15.8 Å². The van der Waals surface area contributed by atoms with Crippen molar-refractivity contribution in [2.45, 2.75) is 25.7 Å². The third-order valence-electron chi connectivity index (χ3n) is 4.36. The average molecular weight is 335 g/mol. The largest absolute Gasteiger partial charge is 0.469 e. The van der Waals surface area contributed by atoms with Crippen LogP contribution >= 0.6 is 0 Å². The van der Waals surface area contributed by atoms with Gasteiger partial charge in [0.1, 0.15) is 17.6 Å². The molecule has 1 fully saturated rings. The highest BCUT2D eigenvalue weighted by Crippen LogP contribution is 2.32. The minimum absolute atomic E-state index is 0.0865. The van der Waals surface area contributed by atoms with Crippen molar-refractivity contribution in [1.29, 1.82) is 5.26 Å². The monoisotopic (exact) mass is 335 g/mol. The molecule has 1 aromatic carbocycles. The van der Waals surface area contributed by atoms with Crippen LogP contribution < -0.4 is 5.32 Å². The summed E-state index contributed by atoms with van der Waals surface area (Å²) >= 11 is 0. The normalized spacial score (nSPS) is 20.0. The molecule has 1 aliphatic rings. The number of nitro groups is 1. The molecule has 0 spiro atoms. The molecule has 0 heterocycles. The molecule has 1 N–H and O–H groups in total. The van der Waals surface area contributed by atoms with Crippen LogP contribution in [0.3, 0.4) is 0 Å². The van der Waals surface area contributed by atoms with Gasteiger partial charge in [0.2, 0.25) is 0 Å². The van der Waals surface area contributed by atoms with Gasteiger partial charge in [-0.05, 0) is 37.7 Å². The molecule has 0 saturated heterocycles. The topological polar surface area (TPSA) is 105 Å². The molecule has 0 radical (unpaired) electrons. The highest BCUT2D eigenvalue weighted by Gasteiger charge is 2.27. The fraction of sp³-hybridized carbons (Fsp3) is 0.500. The van der Waals surface area contributed by atoms with Crippen molar-refractivity contribution in [3.8, 4) is 6.07 Å². The molecule has 1 saturated carbocycles. The Labute approximate surface area is 138 Å². The van der Waals surface area contributed by atoms with Crippen LogP contribution in [-0.2, 0) is 9.53 Å². The van der Waals surface area contributed by atoms with Gasteiger partial charge in [-0.3, -0.25) is 14.9 Å². The Morgan fingerprint density at radius 2 is 2.12 bits per heavy atom. The number of carbonyl (C=O) groups is 1. The maximum atomic E-state index is 13.5. The minimum atomic E-state index is -0.909. The zero-order valence-corrected chi connectivity index (χ0v) is 13.3. The maximum Gasteiger partial charge on any atom is 0.308 e. The van der Waals surface area contributed by atoms with Gasteiger partial charge >= 0.3 is 5.97 Å². The quantitative estimate of drug-likeness (QED) is 0.504. The smallest absolute Gasteiger partial charge is 0.308 e. The summed E-state index contributed by atoms with van der Waals surface area (Å²) in [6.07, 6.45) is 3.03. The number of carbonyl (C=O) groups excluding carboxylic acids is 1. The van der Waals surface area contributed by atoms with Crippen LogP contribution in [0.2, 0.25) is 0 Å². The van der Waals surface area contributed by atoms with Crippen LogP contribution in [0.15, 0.2) is 12.1 Å². The number of hydrogen-bond donors (Lipinski definition) is 1. The van der Waals surface area contributed by atoms with E-state index in [1.807, 2.05) is 0 Å². The summed E-state index contributed by atoms with van der Waals surface area (Å²) in [4.78, 5) is 21.9. The molecule has 128 valence electrons. The molecule has 0 aromatic heterocycles. The number of nitriles is 1. The van der Waals surface area contributed by atoms with Gasteiger partial charge in [0, 0.05) is 6.54 Å². The summed E-state index contributed by atoms with van der Waals surface area (Å²) < 4.78 is 18.3. The van der Waals surface area contributed by atoms with Crippen molar-refractivity contribution >= 4 is 17.3 Å². The Bertz CT molecular complexity index is 679. The molecular formula is C16H18FN3O4.